The van der Waals surface area contributed by atoms with Gasteiger partial charge in [0.2, 0.25) is 0 Å². The van der Waals surface area contributed by atoms with E-state index in [1.165, 1.54) is 0 Å². The molecule has 0 aromatic carbocycles. The van der Waals surface area contributed by atoms with Gasteiger partial charge in [0.1, 0.15) is 0 Å². The molecule has 0 saturated carbocycles. The highest BCUT2D eigenvalue weighted by molar-refractivity contribution is 5.79. The molecule has 0 aromatic rings. The second-order valence-electron chi connectivity index (χ2n) is 6.54. The van der Waals surface area contributed by atoms with Crippen LogP contribution in [0, 0.1) is 10.8 Å². The first-order chi connectivity index (χ1) is 8.74. The zero-order valence-electron chi connectivity index (χ0n) is 11.7. The summed E-state index contributed by atoms with van der Waals surface area (Å²) < 4.78 is 5.39. The van der Waals surface area contributed by atoms with E-state index in [-0.39, 0.29) is 24.0 Å². The number of carboxylic acids is 1. The summed E-state index contributed by atoms with van der Waals surface area (Å²) in [6.45, 7) is 7.69. The predicted octanol–water partition coefficient (Wildman–Crippen LogP) is 0.918. The molecule has 2 aliphatic rings. The zero-order valence-corrected chi connectivity index (χ0v) is 11.7. The van der Waals surface area contributed by atoms with E-state index in [0.29, 0.717) is 26.2 Å². The van der Waals surface area contributed by atoms with Crippen molar-refractivity contribution in [2.75, 3.05) is 26.3 Å². The van der Waals surface area contributed by atoms with Gasteiger partial charge in [-0.15, -0.1) is 0 Å². The van der Waals surface area contributed by atoms with Crippen molar-refractivity contribution in [2.24, 2.45) is 10.8 Å². The molecule has 108 valence electrons. The van der Waals surface area contributed by atoms with E-state index in [1.807, 2.05) is 0 Å². The lowest BCUT2D eigenvalue weighted by atomic mass is 9.88. The molecule has 0 aromatic heterocycles. The standard InChI is InChI=1S/C13H22N2O4/c1-12(2)8-19-6-9(12)14-11(18)15-5-4-13(3,7-15)10(16)17/h9H,4-8H2,1-3H3,(H,14,18)(H,16,17). The third-order valence-corrected chi connectivity index (χ3v) is 4.28. The highest BCUT2D eigenvalue weighted by Gasteiger charge is 2.43. The summed E-state index contributed by atoms with van der Waals surface area (Å²) in [5, 5.41) is 12.1. The molecule has 2 rings (SSSR count). The van der Waals surface area contributed by atoms with Gasteiger partial charge in [-0.3, -0.25) is 4.79 Å². The second-order valence-corrected chi connectivity index (χ2v) is 6.54. The van der Waals surface area contributed by atoms with Crippen molar-refractivity contribution in [2.45, 2.75) is 33.2 Å². The Balaban J connectivity index is 1.94. The number of hydrogen-bond donors (Lipinski definition) is 2. The predicted molar refractivity (Wildman–Crippen MR) is 68.9 cm³/mol. The maximum atomic E-state index is 12.2. The molecule has 2 unspecified atom stereocenters. The minimum Gasteiger partial charge on any atom is -0.481 e. The molecule has 6 heteroatoms. The molecule has 2 N–H and O–H groups in total. The molecule has 0 bridgehead atoms. The quantitative estimate of drug-likeness (QED) is 0.782. The van der Waals surface area contributed by atoms with Gasteiger partial charge in [-0.1, -0.05) is 13.8 Å². The van der Waals surface area contributed by atoms with E-state index in [2.05, 4.69) is 19.2 Å². The SMILES string of the molecule is CC1(C(=O)O)CCN(C(=O)NC2COCC2(C)C)C1. The third kappa shape index (κ3) is 2.68. The molecule has 2 heterocycles. The molecule has 6 nitrogen and oxygen atoms in total. The van der Waals surface area contributed by atoms with Gasteiger partial charge in [0.05, 0.1) is 24.7 Å². The van der Waals surface area contributed by atoms with Crippen molar-refractivity contribution in [3.05, 3.63) is 0 Å². The molecular weight excluding hydrogens is 248 g/mol. The Morgan fingerprint density at radius 2 is 2.05 bits per heavy atom. The molecule has 19 heavy (non-hydrogen) atoms. The highest BCUT2D eigenvalue weighted by Crippen LogP contribution is 2.31. The number of carboxylic acid groups (broad SMARTS) is 1. The number of carbonyl (C=O) groups excluding carboxylic acids is 1. The fourth-order valence-corrected chi connectivity index (χ4v) is 2.55. The smallest absolute Gasteiger partial charge is 0.317 e. The van der Waals surface area contributed by atoms with Crippen LogP contribution in [0.1, 0.15) is 27.2 Å². The van der Waals surface area contributed by atoms with Crippen molar-refractivity contribution in [1.82, 2.24) is 10.2 Å². The number of amides is 2. The maximum absolute atomic E-state index is 12.2. The topological polar surface area (TPSA) is 78.9 Å². The van der Waals surface area contributed by atoms with E-state index in [1.54, 1.807) is 11.8 Å². The molecule has 2 amide bonds. The van der Waals surface area contributed by atoms with Gasteiger partial charge < -0.3 is 20.1 Å². The minimum atomic E-state index is -0.840. The van der Waals surface area contributed by atoms with Crippen LogP contribution in [0.5, 0.6) is 0 Å². The van der Waals surface area contributed by atoms with Crippen LogP contribution in [-0.2, 0) is 9.53 Å². The number of likely N-dealkylation sites (tertiary alicyclic amines) is 1. The van der Waals surface area contributed by atoms with Crippen molar-refractivity contribution >= 4 is 12.0 Å². The monoisotopic (exact) mass is 270 g/mol. The maximum Gasteiger partial charge on any atom is 0.317 e. The first-order valence-electron chi connectivity index (χ1n) is 6.61. The highest BCUT2D eigenvalue weighted by atomic mass is 16.5. The Bertz CT molecular complexity index is 396. The normalized spacial score (nSPS) is 33.4. The van der Waals surface area contributed by atoms with Crippen LogP contribution in [0.2, 0.25) is 0 Å². The van der Waals surface area contributed by atoms with Crippen LogP contribution in [0.3, 0.4) is 0 Å². The van der Waals surface area contributed by atoms with E-state index < -0.39 is 11.4 Å². The first kappa shape index (κ1) is 14.1. The van der Waals surface area contributed by atoms with Crippen molar-refractivity contribution < 1.29 is 19.4 Å². The van der Waals surface area contributed by atoms with Crippen LogP contribution in [0.4, 0.5) is 4.79 Å². The van der Waals surface area contributed by atoms with E-state index in [9.17, 15) is 9.59 Å². The average Bonchev–Trinajstić information content (AvgIpc) is 2.84. The Morgan fingerprint density at radius 3 is 2.53 bits per heavy atom. The number of carbonyl (C=O) groups is 2. The summed E-state index contributed by atoms with van der Waals surface area (Å²) in [6.07, 6.45) is 0.500. The lowest BCUT2D eigenvalue weighted by Gasteiger charge is -2.28. The summed E-state index contributed by atoms with van der Waals surface area (Å²) in [5.41, 5.74) is -0.898. The first-order valence-corrected chi connectivity index (χ1v) is 6.61. The van der Waals surface area contributed by atoms with Crippen LogP contribution in [0.25, 0.3) is 0 Å². The summed E-state index contributed by atoms with van der Waals surface area (Å²) in [6, 6.07) is -0.203. The number of rotatable bonds is 2. The largest absolute Gasteiger partial charge is 0.481 e. The summed E-state index contributed by atoms with van der Waals surface area (Å²) in [7, 11) is 0. The van der Waals surface area contributed by atoms with E-state index in [4.69, 9.17) is 9.84 Å². The molecule has 0 spiro atoms. The van der Waals surface area contributed by atoms with Crippen LogP contribution >= 0.6 is 0 Å². The zero-order chi connectivity index (χ0) is 14.3. The summed E-state index contributed by atoms with van der Waals surface area (Å²) >= 11 is 0. The summed E-state index contributed by atoms with van der Waals surface area (Å²) in [4.78, 5) is 24.9. The van der Waals surface area contributed by atoms with Crippen molar-refractivity contribution in [3.8, 4) is 0 Å². The minimum absolute atomic E-state index is 0.0170. The molecule has 0 aliphatic carbocycles. The van der Waals surface area contributed by atoms with Gasteiger partial charge in [-0.2, -0.15) is 0 Å². The van der Waals surface area contributed by atoms with Gasteiger partial charge in [-0.25, -0.2) is 4.79 Å². The van der Waals surface area contributed by atoms with Gasteiger partial charge >= 0.3 is 12.0 Å². The van der Waals surface area contributed by atoms with E-state index >= 15 is 0 Å². The lowest BCUT2D eigenvalue weighted by molar-refractivity contribution is -0.147. The number of urea groups is 1. The molecule has 2 atom stereocenters. The lowest BCUT2D eigenvalue weighted by Crippen LogP contribution is -2.50. The fraction of sp³-hybridized carbons (Fsp3) is 0.846. The average molecular weight is 270 g/mol. The Morgan fingerprint density at radius 1 is 1.37 bits per heavy atom. The molecular formula is C13H22N2O4. The van der Waals surface area contributed by atoms with Gasteiger partial charge in [-0.05, 0) is 13.3 Å². The number of nitrogens with zero attached hydrogens (tertiary/aromatic N) is 1. The van der Waals surface area contributed by atoms with Crippen LogP contribution in [0.15, 0.2) is 0 Å². The Hall–Kier alpha value is -1.30. The molecule has 2 fully saturated rings. The number of aliphatic carboxylic acids is 1. The fourth-order valence-electron chi connectivity index (χ4n) is 2.55. The Labute approximate surface area is 113 Å². The van der Waals surface area contributed by atoms with Crippen LogP contribution in [-0.4, -0.2) is 54.4 Å². The number of nitrogens with one attached hydrogen (secondary N) is 1. The number of ether oxygens (including phenoxy) is 1. The van der Waals surface area contributed by atoms with Crippen molar-refractivity contribution in [1.29, 1.82) is 0 Å². The Kier molecular flexibility index (Phi) is 3.47. The second kappa shape index (κ2) is 4.67. The van der Waals surface area contributed by atoms with Crippen molar-refractivity contribution in [3.63, 3.8) is 0 Å². The van der Waals surface area contributed by atoms with Gasteiger partial charge in [0, 0.05) is 18.5 Å². The number of hydrogen-bond acceptors (Lipinski definition) is 3. The van der Waals surface area contributed by atoms with Crippen LogP contribution < -0.4 is 5.32 Å². The summed E-state index contributed by atoms with van der Waals surface area (Å²) in [5.74, 6) is -0.840. The molecule has 2 saturated heterocycles. The third-order valence-electron chi connectivity index (χ3n) is 4.28. The molecule has 2 aliphatic heterocycles. The van der Waals surface area contributed by atoms with E-state index in [0.717, 1.165) is 0 Å². The van der Waals surface area contributed by atoms with Gasteiger partial charge in [0.25, 0.3) is 0 Å². The van der Waals surface area contributed by atoms with Gasteiger partial charge in [0.15, 0.2) is 0 Å². The molecule has 0 radical (unpaired) electrons.